The van der Waals surface area contributed by atoms with Gasteiger partial charge in [-0.05, 0) is 115 Å². The second-order valence-corrected chi connectivity index (χ2v) is 20.8. The zero-order valence-corrected chi connectivity index (χ0v) is 47.0. The first kappa shape index (κ1) is 68.1. The molecule has 0 saturated carbocycles. The van der Waals surface area contributed by atoms with Crippen molar-refractivity contribution in [2.75, 3.05) is 61.1 Å². The second-order valence-electron chi connectivity index (χ2n) is 17.3. The number of rotatable bonds is 20. The molecule has 0 saturated heterocycles. The van der Waals surface area contributed by atoms with Crippen LogP contribution in [0.2, 0.25) is 10.3 Å². The smallest absolute Gasteiger partial charge is 0.416 e. The van der Waals surface area contributed by atoms with Crippen molar-refractivity contribution in [1.82, 2.24) is 15.0 Å². The number of esters is 2. The molecule has 4 atom stereocenters. The Hall–Kier alpha value is -5.88. The van der Waals surface area contributed by atoms with Crippen molar-refractivity contribution in [2.24, 2.45) is 5.73 Å². The van der Waals surface area contributed by atoms with Gasteiger partial charge < -0.3 is 50.2 Å². The highest BCUT2D eigenvalue weighted by Crippen LogP contribution is 2.38. The number of aryl methyl sites for hydroxylation is 2. The van der Waals surface area contributed by atoms with E-state index in [-0.39, 0.29) is 64.4 Å². The summed E-state index contributed by atoms with van der Waals surface area (Å²) in [7, 11) is -1.47. The SMILES string of the molecule is CCNc1nc(Cl)nc(NC(C)(C)C)n1.CCOC(=O)C(C)OC(=O)c1cc(Oc2ccc(C(F)(F)F)cc2Cl)ccc1[N+](=O)[O-].CCc1cccc(C)c1N(C(=O)CCl)C(C)COC.CP(=O)(O)CCC(N)C(=O)O. The molecule has 76 heavy (non-hydrogen) atoms. The molecule has 28 heteroatoms. The number of anilines is 3. The van der Waals surface area contributed by atoms with Crippen molar-refractivity contribution in [1.29, 1.82) is 0 Å². The number of hydrogen-bond donors (Lipinski definition) is 5. The van der Waals surface area contributed by atoms with Crippen molar-refractivity contribution in [2.45, 2.75) is 105 Å². The van der Waals surface area contributed by atoms with Gasteiger partial charge in [-0.1, -0.05) is 36.7 Å². The molecule has 1 aromatic heterocycles. The van der Waals surface area contributed by atoms with Gasteiger partial charge in [0.2, 0.25) is 23.1 Å². The van der Waals surface area contributed by atoms with Crippen LogP contribution in [0, 0.1) is 17.0 Å². The fourth-order valence-electron chi connectivity index (χ4n) is 6.12. The van der Waals surface area contributed by atoms with Gasteiger partial charge in [0.25, 0.3) is 5.69 Å². The molecule has 1 heterocycles. The van der Waals surface area contributed by atoms with Crippen molar-refractivity contribution < 1.29 is 70.8 Å². The summed E-state index contributed by atoms with van der Waals surface area (Å²) >= 11 is 17.4. The van der Waals surface area contributed by atoms with Crippen LogP contribution in [0.3, 0.4) is 0 Å². The third-order valence-corrected chi connectivity index (χ3v) is 11.3. The third-order valence-electron chi connectivity index (χ3n) is 9.55. The number of nitrogens with two attached hydrogens (primary N) is 1. The third kappa shape index (κ3) is 24.4. The minimum Gasteiger partial charge on any atom is -0.480 e. The summed E-state index contributed by atoms with van der Waals surface area (Å²) in [6.45, 7) is 19.3. The Morgan fingerprint density at radius 3 is 2.12 bits per heavy atom. The van der Waals surface area contributed by atoms with Crippen molar-refractivity contribution in [3.63, 3.8) is 0 Å². The molecule has 21 nitrogen and oxygen atoms in total. The predicted molar refractivity (Wildman–Crippen MR) is 284 cm³/mol. The maximum absolute atomic E-state index is 12.8. The number of carboxylic acids is 1. The molecule has 0 aliphatic heterocycles. The van der Waals surface area contributed by atoms with E-state index in [9.17, 15) is 47.0 Å². The van der Waals surface area contributed by atoms with Crippen LogP contribution in [0.5, 0.6) is 11.5 Å². The number of aromatic nitrogens is 3. The van der Waals surface area contributed by atoms with E-state index in [1.54, 1.807) is 18.9 Å². The summed E-state index contributed by atoms with van der Waals surface area (Å²) < 4.78 is 69.0. The molecule has 4 unspecified atom stereocenters. The lowest BCUT2D eigenvalue weighted by molar-refractivity contribution is -0.385. The molecule has 0 spiro atoms. The summed E-state index contributed by atoms with van der Waals surface area (Å²) in [4.78, 5) is 79.3. The van der Waals surface area contributed by atoms with E-state index in [2.05, 4.69) is 38.6 Å². The molecule has 422 valence electrons. The number of alkyl halides is 4. The van der Waals surface area contributed by atoms with Gasteiger partial charge in [-0.3, -0.25) is 24.3 Å². The van der Waals surface area contributed by atoms with Crippen LogP contribution in [0.4, 0.5) is 36.4 Å². The zero-order valence-electron chi connectivity index (χ0n) is 43.8. The molecule has 4 aromatic rings. The Labute approximate surface area is 453 Å². The highest BCUT2D eigenvalue weighted by atomic mass is 35.5. The average molecular weight is 1160 g/mol. The number of nitrogens with zero attached hydrogens (tertiary/aromatic N) is 5. The number of carboxylic acid groups (broad SMARTS) is 1. The van der Waals surface area contributed by atoms with E-state index < -0.39 is 65.3 Å². The van der Waals surface area contributed by atoms with Gasteiger partial charge in [0.05, 0.1) is 40.5 Å². The lowest BCUT2D eigenvalue weighted by atomic mass is 10.0. The van der Waals surface area contributed by atoms with E-state index in [1.165, 1.54) is 13.6 Å². The molecule has 0 aliphatic rings. The van der Waals surface area contributed by atoms with Crippen LogP contribution < -0.4 is 26.0 Å². The number of benzene rings is 3. The van der Waals surface area contributed by atoms with Gasteiger partial charge in [0, 0.05) is 44.2 Å². The Morgan fingerprint density at radius 1 is 0.987 bits per heavy atom. The Morgan fingerprint density at radius 2 is 1.62 bits per heavy atom. The lowest BCUT2D eigenvalue weighted by Crippen LogP contribution is -2.43. The lowest BCUT2D eigenvalue weighted by Gasteiger charge is -2.31. The predicted octanol–water partition coefficient (Wildman–Crippen LogP) is 10.2. The van der Waals surface area contributed by atoms with Crippen molar-refractivity contribution in [3.8, 4) is 11.5 Å². The summed E-state index contributed by atoms with van der Waals surface area (Å²) in [6, 6.07) is 10.4. The standard InChI is InChI=1S/C19H15ClF3NO7.C15H22ClNO2.C9H16ClN5.C5H12NO4P/c1-3-29-17(25)10(2)30-18(26)13-9-12(5-6-15(13)24(27)28)31-16-7-4-11(8-14(16)20)19(21,22)23;1-5-13-8-6-7-11(2)15(13)17(14(18)9-16)12(3)10-19-4;1-5-11-7-12-6(10)13-8(14-7)15-9(2,3)4;1-11(9,10)3-2-4(6)5(7)8/h4-10H,3H2,1-2H3;6-8,12H,5,9-10H2,1-4H3;5H2,1-4H3,(H2,11,12,13,14,15);4H,2-3,6H2,1H3,(H,7,8)(H,9,10). The number of carbonyl (C=O) groups excluding carboxylic acids is 3. The van der Waals surface area contributed by atoms with Crippen LogP contribution in [0.15, 0.2) is 54.6 Å². The number of para-hydroxylation sites is 1. The summed E-state index contributed by atoms with van der Waals surface area (Å²) in [5, 5.41) is 25.5. The topological polar surface area (TPSA) is 298 Å². The molecular formula is C48H65Cl3F3N8O13P. The largest absolute Gasteiger partial charge is 0.480 e. The molecule has 0 fully saturated rings. The van der Waals surface area contributed by atoms with Gasteiger partial charge in [0.15, 0.2) is 13.5 Å². The molecular weight excluding hydrogens is 1090 g/mol. The summed E-state index contributed by atoms with van der Waals surface area (Å²) in [5.41, 5.74) is 6.03. The molecule has 1 amide bonds. The number of amides is 1. The van der Waals surface area contributed by atoms with E-state index >= 15 is 0 Å². The number of nitro groups is 1. The first-order chi connectivity index (χ1) is 35.2. The number of halogens is 6. The Kier molecular flexibility index (Phi) is 28.7. The average Bonchev–Trinajstić information content (AvgIpc) is 3.31. The second kappa shape index (κ2) is 32.0. The van der Waals surface area contributed by atoms with Crippen LogP contribution in [0.25, 0.3) is 0 Å². The normalized spacial score (nSPS) is 12.9. The number of nitrogens with one attached hydrogen (secondary N) is 2. The first-order valence-electron chi connectivity index (χ1n) is 23.1. The molecule has 3 aromatic carbocycles. The molecule has 4 rings (SSSR count). The van der Waals surface area contributed by atoms with Crippen LogP contribution in [-0.4, -0.2) is 123 Å². The van der Waals surface area contributed by atoms with Crippen molar-refractivity contribution in [3.05, 3.63) is 97.3 Å². The zero-order chi connectivity index (χ0) is 58.3. The monoisotopic (exact) mass is 1150 g/mol. The molecule has 0 bridgehead atoms. The number of nitro benzene ring substituents is 1. The highest BCUT2D eigenvalue weighted by molar-refractivity contribution is 7.57. The number of hydrogen-bond acceptors (Lipinski definition) is 17. The van der Waals surface area contributed by atoms with Gasteiger partial charge in [0.1, 0.15) is 29.0 Å². The van der Waals surface area contributed by atoms with Crippen LogP contribution in [0.1, 0.15) is 88.9 Å². The fourth-order valence-corrected chi connectivity index (χ4v) is 7.39. The Balaban J connectivity index is 0.000000549. The quantitative estimate of drug-likeness (QED) is 0.0181. The number of carbonyl (C=O) groups is 4. The number of ether oxygens (including phenoxy) is 4. The van der Waals surface area contributed by atoms with E-state index in [0.717, 1.165) is 60.1 Å². The first-order valence-corrected chi connectivity index (χ1v) is 26.7. The van der Waals surface area contributed by atoms with Gasteiger partial charge in [-0.2, -0.15) is 28.1 Å². The molecule has 0 radical (unpaired) electrons. The maximum atomic E-state index is 12.8. The molecule has 0 aliphatic carbocycles. The van der Waals surface area contributed by atoms with E-state index in [1.807, 2.05) is 53.7 Å². The minimum atomic E-state index is -4.61. The number of methoxy groups -OCH3 is 1. The van der Waals surface area contributed by atoms with Crippen molar-refractivity contribution >= 4 is 89.3 Å². The highest BCUT2D eigenvalue weighted by Gasteiger charge is 2.32. The summed E-state index contributed by atoms with van der Waals surface area (Å²) in [6.07, 6.45) is -5.06. The fraction of sp³-hybridized carbons (Fsp3) is 0.479. The van der Waals surface area contributed by atoms with Crippen LogP contribution in [-0.2, 0) is 45.8 Å². The van der Waals surface area contributed by atoms with E-state index in [4.69, 9.17) is 69.5 Å². The molecule has 6 N–H and O–H groups in total. The Bertz CT molecular complexity index is 2630. The van der Waals surface area contributed by atoms with Gasteiger partial charge >= 0.3 is 24.1 Å². The van der Waals surface area contributed by atoms with Crippen LogP contribution >= 0.6 is 42.2 Å². The summed E-state index contributed by atoms with van der Waals surface area (Å²) in [5.74, 6) is -2.63. The number of aliphatic carboxylic acids is 1. The van der Waals surface area contributed by atoms with E-state index in [0.29, 0.717) is 24.6 Å². The van der Waals surface area contributed by atoms with Gasteiger partial charge in [-0.15, -0.1) is 11.6 Å². The minimum absolute atomic E-state index is 0.0223. The van der Waals surface area contributed by atoms with Gasteiger partial charge in [-0.25, -0.2) is 9.59 Å². The maximum Gasteiger partial charge on any atom is 0.416 e.